The molecule has 2 amide bonds. The molecule has 2 N–H and O–H groups in total. The van der Waals surface area contributed by atoms with Crippen molar-refractivity contribution in [2.75, 3.05) is 20.2 Å². The van der Waals surface area contributed by atoms with Gasteiger partial charge in [-0.25, -0.2) is 4.79 Å². The van der Waals surface area contributed by atoms with Crippen LogP contribution in [-0.4, -0.2) is 42.3 Å². The molecule has 5 heteroatoms. The van der Waals surface area contributed by atoms with Crippen molar-refractivity contribution in [3.8, 4) is 5.75 Å². The first kappa shape index (κ1) is 14.7. The minimum Gasteiger partial charge on any atom is -0.493 e. The van der Waals surface area contributed by atoms with Gasteiger partial charge >= 0.3 is 6.03 Å². The van der Waals surface area contributed by atoms with Crippen LogP contribution >= 0.6 is 0 Å². The zero-order valence-electron chi connectivity index (χ0n) is 12.0. The molecule has 1 aliphatic rings. The minimum absolute atomic E-state index is 0.0125. The highest BCUT2D eigenvalue weighted by molar-refractivity contribution is 5.74. The van der Waals surface area contributed by atoms with Gasteiger partial charge in [-0.3, -0.25) is 0 Å². The van der Waals surface area contributed by atoms with Crippen LogP contribution in [0.1, 0.15) is 31.4 Å². The SMILES string of the molecule is CC(O)CCN(C)C(=O)NC1CCOc2ccccc21. The molecule has 110 valence electrons. The maximum Gasteiger partial charge on any atom is 0.317 e. The zero-order chi connectivity index (χ0) is 14.5. The predicted octanol–water partition coefficient (Wildman–Crippen LogP) is 1.92. The Morgan fingerprint density at radius 1 is 1.55 bits per heavy atom. The van der Waals surface area contributed by atoms with Crippen molar-refractivity contribution in [1.29, 1.82) is 0 Å². The fourth-order valence-corrected chi connectivity index (χ4v) is 2.23. The summed E-state index contributed by atoms with van der Waals surface area (Å²) in [5.74, 6) is 0.843. The number of carbonyl (C=O) groups is 1. The molecule has 0 radical (unpaired) electrons. The number of urea groups is 1. The summed E-state index contributed by atoms with van der Waals surface area (Å²) in [6.45, 7) is 2.87. The summed E-state index contributed by atoms with van der Waals surface area (Å²) in [4.78, 5) is 13.7. The fourth-order valence-electron chi connectivity index (χ4n) is 2.23. The third-order valence-electron chi connectivity index (χ3n) is 3.49. The van der Waals surface area contributed by atoms with E-state index in [0.29, 0.717) is 19.6 Å². The van der Waals surface area contributed by atoms with E-state index in [2.05, 4.69) is 5.32 Å². The summed E-state index contributed by atoms with van der Waals surface area (Å²) >= 11 is 0. The van der Waals surface area contributed by atoms with Crippen LogP contribution in [-0.2, 0) is 0 Å². The number of para-hydroxylation sites is 1. The van der Waals surface area contributed by atoms with Gasteiger partial charge in [0.1, 0.15) is 5.75 Å². The quantitative estimate of drug-likeness (QED) is 0.884. The molecular weight excluding hydrogens is 256 g/mol. The molecule has 0 fully saturated rings. The van der Waals surface area contributed by atoms with Crippen LogP contribution in [0.4, 0.5) is 4.79 Å². The van der Waals surface area contributed by atoms with Crippen molar-refractivity contribution in [2.24, 2.45) is 0 Å². The molecule has 0 spiro atoms. The van der Waals surface area contributed by atoms with Crippen LogP contribution in [0.3, 0.4) is 0 Å². The smallest absolute Gasteiger partial charge is 0.317 e. The van der Waals surface area contributed by atoms with E-state index in [1.54, 1.807) is 18.9 Å². The van der Waals surface area contributed by atoms with Crippen LogP contribution in [0.2, 0.25) is 0 Å². The van der Waals surface area contributed by atoms with Gasteiger partial charge in [0.25, 0.3) is 0 Å². The molecule has 2 unspecified atom stereocenters. The average Bonchev–Trinajstić information content (AvgIpc) is 2.45. The molecule has 0 aliphatic carbocycles. The van der Waals surface area contributed by atoms with E-state index in [1.165, 1.54) is 0 Å². The molecular formula is C15H22N2O3. The molecule has 0 aromatic heterocycles. The van der Waals surface area contributed by atoms with Crippen molar-refractivity contribution < 1.29 is 14.6 Å². The number of carbonyl (C=O) groups excluding carboxylic acids is 1. The second-order valence-corrected chi connectivity index (χ2v) is 5.24. The predicted molar refractivity (Wildman–Crippen MR) is 76.8 cm³/mol. The Balaban J connectivity index is 1.95. The number of fused-ring (bicyclic) bond motifs is 1. The third kappa shape index (κ3) is 3.63. The largest absolute Gasteiger partial charge is 0.493 e. The second-order valence-electron chi connectivity index (χ2n) is 5.24. The Bertz CT molecular complexity index is 462. The van der Waals surface area contributed by atoms with E-state index >= 15 is 0 Å². The van der Waals surface area contributed by atoms with E-state index in [4.69, 9.17) is 4.74 Å². The molecule has 1 aromatic rings. The van der Waals surface area contributed by atoms with Gasteiger partial charge in [-0.05, 0) is 19.4 Å². The number of benzene rings is 1. The summed E-state index contributed by atoms with van der Waals surface area (Å²) in [6.07, 6.45) is 0.954. The highest BCUT2D eigenvalue weighted by Gasteiger charge is 2.23. The van der Waals surface area contributed by atoms with Gasteiger partial charge in [0.05, 0.1) is 18.8 Å². The number of amides is 2. The van der Waals surface area contributed by atoms with Crippen LogP contribution in [0.15, 0.2) is 24.3 Å². The van der Waals surface area contributed by atoms with E-state index in [9.17, 15) is 9.90 Å². The van der Waals surface area contributed by atoms with Gasteiger partial charge < -0.3 is 20.1 Å². The third-order valence-corrected chi connectivity index (χ3v) is 3.49. The lowest BCUT2D eigenvalue weighted by Gasteiger charge is -2.28. The highest BCUT2D eigenvalue weighted by Crippen LogP contribution is 2.31. The summed E-state index contributed by atoms with van der Waals surface area (Å²) in [5.41, 5.74) is 1.02. The normalized spacial score (nSPS) is 18.6. The van der Waals surface area contributed by atoms with E-state index in [0.717, 1.165) is 17.7 Å². The number of hydrogen-bond donors (Lipinski definition) is 2. The van der Waals surface area contributed by atoms with E-state index in [-0.39, 0.29) is 12.1 Å². The number of ether oxygens (including phenoxy) is 1. The van der Waals surface area contributed by atoms with Gasteiger partial charge in [-0.15, -0.1) is 0 Å². The van der Waals surface area contributed by atoms with Gasteiger partial charge in [-0.2, -0.15) is 0 Å². The van der Waals surface area contributed by atoms with E-state index < -0.39 is 6.10 Å². The molecule has 2 atom stereocenters. The Kier molecular flexibility index (Phi) is 4.84. The molecule has 20 heavy (non-hydrogen) atoms. The fraction of sp³-hybridized carbons (Fsp3) is 0.533. The molecule has 2 rings (SSSR count). The zero-order valence-corrected chi connectivity index (χ0v) is 12.0. The van der Waals surface area contributed by atoms with E-state index in [1.807, 2.05) is 24.3 Å². The molecule has 1 aromatic carbocycles. The molecule has 5 nitrogen and oxygen atoms in total. The average molecular weight is 278 g/mol. The second kappa shape index (κ2) is 6.61. The van der Waals surface area contributed by atoms with Crippen LogP contribution in [0.5, 0.6) is 5.75 Å². The van der Waals surface area contributed by atoms with Gasteiger partial charge in [0, 0.05) is 25.6 Å². The van der Waals surface area contributed by atoms with Gasteiger partial charge in [0.15, 0.2) is 0 Å². The first-order valence-electron chi connectivity index (χ1n) is 6.99. The lowest BCUT2D eigenvalue weighted by Crippen LogP contribution is -2.41. The standard InChI is InChI=1S/C15H22N2O3/c1-11(18)7-9-17(2)15(19)16-13-8-10-20-14-6-4-3-5-12(13)14/h3-6,11,13,18H,7-10H2,1-2H3,(H,16,19). The molecule has 0 saturated carbocycles. The minimum atomic E-state index is -0.394. The molecule has 1 aliphatic heterocycles. The summed E-state index contributed by atoms with van der Waals surface area (Å²) in [5, 5.41) is 12.3. The Hall–Kier alpha value is -1.75. The monoisotopic (exact) mass is 278 g/mol. The lowest BCUT2D eigenvalue weighted by atomic mass is 10.0. The van der Waals surface area contributed by atoms with Crippen molar-refractivity contribution in [3.63, 3.8) is 0 Å². The van der Waals surface area contributed by atoms with Crippen molar-refractivity contribution >= 4 is 6.03 Å². The van der Waals surface area contributed by atoms with Gasteiger partial charge in [0.2, 0.25) is 0 Å². The molecule has 0 saturated heterocycles. The number of aliphatic hydroxyl groups excluding tert-OH is 1. The summed E-state index contributed by atoms with van der Waals surface area (Å²) in [6, 6.07) is 7.65. The molecule has 1 heterocycles. The van der Waals surface area contributed by atoms with Crippen molar-refractivity contribution in [2.45, 2.75) is 31.9 Å². The summed E-state index contributed by atoms with van der Waals surface area (Å²) < 4.78 is 5.58. The Morgan fingerprint density at radius 3 is 3.05 bits per heavy atom. The van der Waals surface area contributed by atoms with Crippen LogP contribution in [0, 0.1) is 0 Å². The maximum absolute atomic E-state index is 12.1. The Labute approximate surface area is 119 Å². The number of aliphatic hydroxyl groups is 1. The number of nitrogens with one attached hydrogen (secondary N) is 1. The first-order valence-corrected chi connectivity index (χ1v) is 6.99. The summed E-state index contributed by atoms with van der Waals surface area (Å²) in [7, 11) is 1.74. The topological polar surface area (TPSA) is 61.8 Å². The lowest BCUT2D eigenvalue weighted by molar-refractivity contribution is 0.160. The number of rotatable bonds is 4. The Morgan fingerprint density at radius 2 is 2.30 bits per heavy atom. The van der Waals surface area contributed by atoms with Crippen molar-refractivity contribution in [3.05, 3.63) is 29.8 Å². The van der Waals surface area contributed by atoms with Crippen LogP contribution in [0.25, 0.3) is 0 Å². The van der Waals surface area contributed by atoms with Gasteiger partial charge in [-0.1, -0.05) is 18.2 Å². The molecule has 0 bridgehead atoms. The first-order chi connectivity index (χ1) is 9.58. The van der Waals surface area contributed by atoms with Crippen LogP contribution < -0.4 is 10.1 Å². The maximum atomic E-state index is 12.1. The highest BCUT2D eigenvalue weighted by atomic mass is 16.5. The number of hydrogen-bond acceptors (Lipinski definition) is 3. The van der Waals surface area contributed by atoms with Crippen molar-refractivity contribution in [1.82, 2.24) is 10.2 Å². The number of nitrogens with zero attached hydrogens (tertiary/aromatic N) is 1.